The van der Waals surface area contributed by atoms with E-state index in [2.05, 4.69) is 73.1 Å². The van der Waals surface area contributed by atoms with E-state index in [4.69, 9.17) is 9.97 Å². The number of hydrogen-bond donors (Lipinski definition) is 0. The Morgan fingerprint density at radius 3 is 1.36 bits per heavy atom. The number of hydrogen-bond acceptors (Lipinski definition) is 4. The molecule has 2 heterocycles. The van der Waals surface area contributed by atoms with Gasteiger partial charge < -0.3 is 0 Å². The van der Waals surface area contributed by atoms with Gasteiger partial charge in [-0.2, -0.15) is 0 Å². The number of aryl methyl sites for hydroxylation is 2. The second-order valence-corrected chi connectivity index (χ2v) is 11.5. The number of rotatable bonds is 15. The highest BCUT2D eigenvalue weighted by molar-refractivity contribution is 7.20. The Morgan fingerprint density at radius 1 is 0.500 bits per heavy atom. The Balaban J connectivity index is 1.30. The normalized spacial score (nSPS) is 11.3. The van der Waals surface area contributed by atoms with E-state index < -0.39 is 0 Å². The molecule has 0 atom stereocenters. The average Bonchev–Trinajstić information content (AvgIpc) is 3.60. The van der Waals surface area contributed by atoms with Crippen LogP contribution in [0.2, 0.25) is 0 Å². The molecule has 2 aromatic carbocycles. The molecule has 0 saturated heterocycles. The van der Waals surface area contributed by atoms with Crippen LogP contribution in [0.4, 0.5) is 0 Å². The number of unbranched alkanes of at least 4 members (excludes halogenated alkanes) is 8. The first-order valence-electron chi connectivity index (χ1n) is 13.9. The summed E-state index contributed by atoms with van der Waals surface area (Å²) in [4.78, 5) is 9.83. The highest BCUT2D eigenvalue weighted by Crippen LogP contribution is 2.33. The van der Waals surface area contributed by atoms with Gasteiger partial charge in [0.25, 0.3) is 0 Å². The van der Waals surface area contributed by atoms with Gasteiger partial charge in [0.05, 0.1) is 11.4 Å². The van der Waals surface area contributed by atoms with E-state index in [0.29, 0.717) is 0 Å². The molecule has 0 N–H and O–H groups in total. The van der Waals surface area contributed by atoms with Crippen molar-refractivity contribution >= 4 is 22.7 Å². The van der Waals surface area contributed by atoms with Crippen molar-refractivity contribution in [2.75, 3.05) is 0 Å². The van der Waals surface area contributed by atoms with Crippen LogP contribution in [0, 0.1) is 0 Å². The molecule has 0 aliphatic carbocycles. The molecular formula is C32H40N2S2. The molecule has 0 amide bonds. The van der Waals surface area contributed by atoms with Crippen molar-refractivity contribution in [1.82, 2.24) is 9.97 Å². The number of aromatic nitrogens is 2. The third-order valence-corrected chi connectivity index (χ3v) is 8.66. The molecule has 0 bridgehead atoms. The summed E-state index contributed by atoms with van der Waals surface area (Å²) in [6.07, 6.45) is 15.7. The van der Waals surface area contributed by atoms with E-state index in [0.717, 1.165) is 21.4 Å². The third-order valence-electron chi connectivity index (χ3n) is 6.83. The summed E-state index contributed by atoms with van der Waals surface area (Å²) in [7, 11) is 0. The van der Waals surface area contributed by atoms with E-state index in [-0.39, 0.29) is 0 Å². The highest BCUT2D eigenvalue weighted by atomic mass is 32.1. The summed E-state index contributed by atoms with van der Waals surface area (Å²) in [6.45, 7) is 4.53. The molecule has 4 aromatic rings. The van der Waals surface area contributed by atoms with Gasteiger partial charge in [0.1, 0.15) is 0 Å². The van der Waals surface area contributed by atoms with E-state index in [9.17, 15) is 0 Å². The van der Waals surface area contributed by atoms with Crippen molar-refractivity contribution < 1.29 is 0 Å². The standard InChI is InChI=1S/C32H40N2S2/c1-3-5-7-8-9-10-12-14-26-17-21-28(22-18-26)30-24-36-32(34-30)31-33-29(23-35-31)27-19-15-25(16-20-27)13-11-6-4-2/h15-24H,3-14H2,1-2H3. The predicted octanol–water partition coefficient (Wildman–Crippen LogP) is 10.6. The first-order chi connectivity index (χ1) is 17.8. The van der Waals surface area contributed by atoms with Gasteiger partial charge in [-0.3, -0.25) is 0 Å². The van der Waals surface area contributed by atoms with Gasteiger partial charge in [-0.25, -0.2) is 9.97 Å². The zero-order valence-corrected chi connectivity index (χ0v) is 23.6. The maximum atomic E-state index is 4.92. The lowest BCUT2D eigenvalue weighted by molar-refractivity contribution is 0.589. The lowest BCUT2D eigenvalue weighted by Crippen LogP contribution is -1.87. The maximum Gasteiger partial charge on any atom is 0.152 e. The minimum absolute atomic E-state index is 1.00. The highest BCUT2D eigenvalue weighted by Gasteiger charge is 2.12. The van der Waals surface area contributed by atoms with Crippen LogP contribution >= 0.6 is 22.7 Å². The molecule has 0 fully saturated rings. The van der Waals surface area contributed by atoms with Crippen LogP contribution in [0.15, 0.2) is 59.3 Å². The molecular weight excluding hydrogens is 477 g/mol. The van der Waals surface area contributed by atoms with Crippen LogP contribution in [-0.2, 0) is 12.8 Å². The summed E-state index contributed by atoms with van der Waals surface area (Å²) >= 11 is 3.37. The van der Waals surface area contributed by atoms with Gasteiger partial charge in [0.2, 0.25) is 0 Å². The molecule has 190 valence electrons. The van der Waals surface area contributed by atoms with Crippen molar-refractivity contribution in [2.24, 2.45) is 0 Å². The van der Waals surface area contributed by atoms with Crippen molar-refractivity contribution in [3.8, 4) is 32.5 Å². The average molecular weight is 517 g/mol. The topological polar surface area (TPSA) is 25.8 Å². The smallest absolute Gasteiger partial charge is 0.152 e. The quantitative estimate of drug-likeness (QED) is 0.147. The lowest BCUT2D eigenvalue weighted by atomic mass is 10.0. The molecule has 0 unspecified atom stereocenters. The Morgan fingerprint density at radius 2 is 0.889 bits per heavy atom. The molecule has 0 saturated carbocycles. The van der Waals surface area contributed by atoms with Gasteiger partial charge in [0, 0.05) is 21.9 Å². The summed E-state index contributed by atoms with van der Waals surface area (Å²) in [5.41, 5.74) is 7.32. The van der Waals surface area contributed by atoms with E-state index in [1.165, 1.54) is 99.3 Å². The largest absolute Gasteiger partial charge is 0.233 e. The lowest BCUT2D eigenvalue weighted by Gasteiger charge is -2.04. The minimum Gasteiger partial charge on any atom is -0.233 e. The number of benzene rings is 2. The summed E-state index contributed by atoms with van der Waals surface area (Å²) in [5, 5.41) is 6.32. The number of thiazole rings is 2. The van der Waals surface area contributed by atoms with Crippen molar-refractivity contribution in [2.45, 2.75) is 90.9 Å². The second-order valence-electron chi connectivity index (χ2n) is 9.80. The number of nitrogens with zero attached hydrogens (tertiary/aromatic N) is 2. The Hall–Kier alpha value is -2.30. The zero-order valence-electron chi connectivity index (χ0n) is 22.0. The van der Waals surface area contributed by atoms with Gasteiger partial charge in [0.15, 0.2) is 10.0 Å². The maximum absolute atomic E-state index is 4.92. The predicted molar refractivity (Wildman–Crippen MR) is 159 cm³/mol. The Kier molecular flexibility index (Phi) is 10.7. The second kappa shape index (κ2) is 14.4. The summed E-state index contributed by atoms with van der Waals surface area (Å²) in [6, 6.07) is 17.9. The van der Waals surface area contributed by atoms with Crippen molar-refractivity contribution in [1.29, 1.82) is 0 Å². The fourth-order valence-corrected chi connectivity index (χ4v) is 6.27. The van der Waals surface area contributed by atoms with Crippen molar-refractivity contribution in [3.63, 3.8) is 0 Å². The van der Waals surface area contributed by atoms with Crippen LogP contribution < -0.4 is 0 Å². The first kappa shape index (κ1) is 26.8. The fourth-order valence-electron chi connectivity index (χ4n) is 4.56. The Labute approximate surface area is 225 Å². The molecule has 2 aromatic heterocycles. The summed E-state index contributed by atoms with van der Waals surface area (Å²) in [5.74, 6) is 0. The first-order valence-corrected chi connectivity index (χ1v) is 15.6. The molecule has 0 aliphatic heterocycles. The van der Waals surface area contributed by atoms with Gasteiger partial charge in [-0.05, 0) is 36.8 Å². The fraction of sp³-hybridized carbons (Fsp3) is 0.438. The van der Waals surface area contributed by atoms with E-state index in [1.54, 1.807) is 22.7 Å². The van der Waals surface area contributed by atoms with Crippen LogP contribution in [0.25, 0.3) is 32.5 Å². The van der Waals surface area contributed by atoms with Crippen LogP contribution in [-0.4, -0.2) is 9.97 Å². The van der Waals surface area contributed by atoms with E-state index >= 15 is 0 Å². The van der Waals surface area contributed by atoms with Crippen LogP contribution in [0.1, 0.15) is 89.2 Å². The monoisotopic (exact) mass is 516 g/mol. The molecule has 2 nitrogen and oxygen atoms in total. The van der Waals surface area contributed by atoms with Gasteiger partial charge in [-0.15, -0.1) is 22.7 Å². The van der Waals surface area contributed by atoms with E-state index in [1.807, 2.05) is 0 Å². The third kappa shape index (κ3) is 7.85. The molecule has 4 rings (SSSR count). The molecule has 4 heteroatoms. The van der Waals surface area contributed by atoms with Crippen LogP contribution in [0.5, 0.6) is 0 Å². The minimum atomic E-state index is 1.00. The SMILES string of the molecule is CCCCCCCCCc1ccc(-c2csc(-c3nc(-c4ccc(CCCCC)cc4)cs3)n2)cc1. The molecule has 0 aliphatic rings. The summed E-state index contributed by atoms with van der Waals surface area (Å²) < 4.78 is 0. The molecule has 0 spiro atoms. The van der Waals surface area contributed by atoms with Gasteiger partial charge in [-0.1, -0.05) is 114 Å². The van der Waals surface area contributed by atoms with Gasteiger partial charge >= 0.3 is 0 Å². The zero-order chi connectivity index (χ0) is 25.0. The molecule has 36 heavy (non-hydrogen) atoms. The molecule has 0 radical (unpaired) electrons. The van der Waals surface area contributed by atoms with Crippen molar-refractivity contribution in [3.05, 3.63) is 70.4 Å². The van der Waals surface area contributed by atoms with Crippen LogP contribution in [0.3, 0.4) is 0 Å². The Bertz CT molecular complexity index is 1160.